The summed E-state index contributed by atoms with van der Waals surface area (Å²) in [5, 5.41) is 0. The van der Waals surface area contributed by atoms with Crippen molar-refractivity contribution in [2.45, 2.75) is 140 Å². The Labute approximate surface area is 624 Å². The number of likely N-dealkylation sites (N-methyl/N-ethyl adjacent to an activating group) is 2. The highest BCUT2D eigenvalue weighted by Gasteiger charge is 2.50. The largest absolute Gasteiger partial charge is 0.462 e. The van der Waals surface area contributed by atoms with Crippen LogP contribution in [0, 0.1) is 5.82 Å². The van der Waals surface area contributed by atoms with Gasteiger partial charge in [0.2, 0.25) is 11.8 Å². The lowest BCUT2D eigenvalue weighted by Gasteiger charge is -2.44. The fourth-order valence-corrected chi connectivity index (χ4v) is 15.1. The third-order valence-corrected chi connectivity index (χ3v) is 21.5. The van der Waals surface area contributed by atoms with Crippen LogP contribution in [-0.4, -0.2) is 183 Å². The van der Waals surface area contributed by atoms with Crippen molar-refractivity contribution in [3.8, 4) is 11.1 Å². The molecular formula is C85H100F7N7O8. The van der Waals surface area contributed by atoms with Gasteiger partial charge in [-0.15, -0.1) is 0 Å². The van der Waals surface area contributed by atoms with Crippen LogP contribution >= 0.6 is 0 Å². The molecule has 0 unspecified atom stereocenters. The molecule has 22 heteroatoms. The molecular weight excluding hydrogens is 1380 g/mol. The molecule has 0 saturated carbocycles. The van der Waals surface area contributed by atoms with Crippen LogP contribution < -0.4 is 0 Å². The summed E-state index contributed by atoms with van der Waals surface area (Å²) >= 11 is 0. The molecule has 7 aromatic carbocycles. The Balaban J connectivity index is 0.000000229. The molecule has 4 amide bonds. The first kappa shape index (κ1) is 80.7. The maximum atomic E-state index is 14.0. The molecule has 3 aliphatic heterocycles. The van der Waals surface area contributed by atoms with Gasteiger partial charge < -0.3 is 43.6 Å². The first-order chi connectivity index (χ1) is 51.3. The minimum atomic E-state index is -5.11. The topological polar surface area (TPSA) is 136 Å². The molecule has 0 bridgehead atoms. The van der Waals surface area contributed by atoms with E-state index >= 15 is 0 Å². The monoisotopic (exact) mass is 1480 g/mol. The number of benzene rings is 7. The van der Waals surface area contributed by atoms with Crippen LogP contribution in [0.1, 0.15) is 143 Å². The quantitative estimate of drug-likeness (QED) is 0.0252. The molecule has 15 nitrogen and oxygen atoms in total. The Hall–Kier alpha value is -8.80. The summed E-state index contributed by atoms with van der Waals surface area (Å²) < 4.78 is 114. The zero-order valence-corrected chi connectivity index (χ0v) is 62.0. The van der Waals surface area contributed by atoms with Crippen molar-refractivity contribution in [3.05, 3.63) is 237 Å². The SMILES string of the molecule is CCCN(C)C(=O)c1ccc(CN(CCCCCC(=O)N(C)CCN2CCC(OC(=O)Cc3ccccc3-c3ccccc3)CC2)Cc2ccccc2)cc1.CCN(C)C(=O)CO[C@H]1Cc2ccccc2C12CCN(CC[C@@]1(c3ccc(F)cc3)CN(C(=O)c3cc(C(F)(F)F)cc(C(F)(F)F)c3)CO1)CC2. The third-order valence-electron chi connectivity index (χ3n) is 21.5. The Bertz CT molecular complexity index is 4030. The van der Waals surface area contributed by atoms with Crippen LogP contribution in [0.2, 0.25) is 0 Å². The van der Waals surface area contributed by atoms with Crippen LogP contribution in [0.15, 0.2) is 176 Å². The number of ether oxygens (including phenoxy) is 3. The number of hydrogen-bond acceptors (Lipinski definition) is 11. The molecule has 3 fully saturated rings. The van der Waals surface area contributed by atoms with Gasteiger partial charge in [0.1, 0.15) is 30.9 Å². The van der Waals surface area contributed by atoms with Gasteiger partial charge in [-0.05, 0) is 171 Å². The average Bonchev–Trinajstić information content (AvgIpc) is 1.61. The Morgan fingerprint density at radius 1 is 0.607 bits per heavy atom. The predicted octanol–water partition coefficient (Wildman–Crippen LogP) is 15.1. The summed E-state index contributed by atoms with van der Waals surface area (Å²) in [6.07, 6.45) is -1.71. The van der Waals surface area contributed by atoms with Gasteiger partial charge in [-0.25, -0.2) is 4.39 Å². The molecule has 0 aromatic heterocycles. The minimum absolute atomic E-state index is 0.0147. The molecule has 2 atom stereocenters. The molecule has 107 heavy (non-hydrogen) atoms. The van der Waals surface area contributed by atoms with Gasteiger partial charge in [-0.2, -0.15) is 26.3 Å². The Kier molecular flexibility index (Phi) is 28.2. The lowest BCUT2D eigenvalue weighted by molar-refractivity contribution is -0.150. The van der Waals surface area contributed by atoms with E-state index in [-0.39, 0.29) is 67.0 Å². The van der Waals surface area contributed by atoms with Gasteiger partial charge in [0.25, 0.3) is 11.8 Å². The first-order valence-electron chi connectivity index (χ1n) is 37.4. The summed E-state index contributed by atoms with van der Waals surface area (Å²) in [4.78, 5) is 78.1. The van der Waals surface area contributed by atoms with Crippen molar-refractivity contribution in [3.63, 3.8) is 0 Å². The molecule has 3 saturated heterocycles. The molecule has 4 aliphatic rings. The van der Waals surface area contributed by atoms with Crippen LogP contribution in [0.4, 0.5) is 30.7 Å². The Morgan fingerprint density at radius 3 is 1.88 bits per heavy atom. The number of esters is 1. The zero-order valence-electron chi connectivity index (χ0n) is 62.0. The number of hydrogen-bond donors (Lipinski definition) is 0. The number of rotatable bonds is 29. The number of fused-ring (bicyclic) bond motifs is 2. The second kappa shape index (κ2) is 37.3. The normalized spacial score (nSPS) is 17.5. The molecule has 7 aromatic rings. The van der Waals surface area contributed by atoms with Gasteiger partial charge in [0.05, 0.1) is 30.2 Å². The number of piperidine rings is 2. The van der Waals surface area contributed by atoms with Gasteiger partial charge in [-0.3, -0.25) is 28.9 Å². The van der Waals surface area contributed by atoms with Crippen LogP contribution in [-0.2, 0) is 77.9 Å². The van der Waals surface area contributed by atoms with Crippen LogP contribution in [0.25, 0.3) is 11.1 Å². The van der Waals surface area contributed by atoms with Crippen molar-refractivity contribution in [1.29, 1.82) is 0 Å². The highest BCUT2D eigenvalue weighted by Crippen LogP contribution is 2.49. The molecule has 1 spiro atoms. The zero-order chi connectivity index (χ0) is 76.3. The van der Waals surface area contributed by atoms with E-state index in [0.29, 0.717) is 69.7 Å². The number of carbonyl (C=O) groups is 5. The summed E-state index contributed by atoms with van der Waals surface area (Å²) in [5.74, 6) is -1.56. The van der Waals surface area contributed by atoms with E-state index in [1.807, 2.05) is 92.6 Å². The van der Waals surface area contributed by atoms with E-state index in [0.717, 1.165) is 124 Å². The van der Waals surface area contributed by atoms with Crippen LogP contribution in [0.3, 0.4) is 0 Å². The van der Waals surface area contributed by atoms with Crippen molar-refractivity contribution < 1.29 is 68.9 Å². The average molecular weight is 1480 g/mol. The fourth-order valence-electron chi connectivity index (χ4n) is 15.1. The number of nitrogens with zero attached hydrogens (tertiary/aromatic N) is 7. The summed E-state index contributed by atoms with van der Waals surface area (Å²) in [7, 11) is 5.50. The first-order valence-corrected chi connectivity index (χ1v) is 37.4. The number of unbranched alkanes of at least 4 members (excludes halogenated alkanes) is 2. The van der Waals surface area contributed by atoms with E-state index in [1.54, 1.807) is 16.8 Å². The van der Waals surface area contributed by atoms with E-state index in [9.17, 15) is 54.7 Å². The second-order valence-corrected chi connectivity index (χ2v) is 28.9. The van der Waals surface area contributed by atoms with Crippen LogP contribution in [0.5, 0.6) is 0 Å². The molecule has 0 N–H and O–H groups in total. The summed E-state index contributed by atoms with van der Waals surface area (Å²) in [5.41, 5.74) is 3.85. The van der Waals surface area contributed by atoms with Gasteiger partial charge in [0, 0.05) is 103 Å². The number of halogens is 7. The third kappa shape index (κ3) is 21.8. The standard InChI is InChI=1S/C47H60N4O4.C38H40F7N3O4/c1-4-29-49(3)47(54)41-25-23-39(24-26-41)37-51(36-38-16-8-5-9-17-38)30-15-7-12-22-45(52)48(2)33-34-50-31-27-43(28-32-50)55-46(53)35-42-20-13-14-21-44(42)40-18-10-6-11-19-40;1-3-46(2)33(49)22-51-32-20-25-6-4-5-7-31(25)35(32)12-15-47(16-13-35)17-14-36(27-8-10-30(39)11-9-27)23-48(24-52-36)34(50)26-18-28(37(40,41)42)21-29(19-26)38(43,44)45/h5-6,8-11,13-14,16-21,23-26,43H,4,7,12,15,22,27-37H2,1-3H3;4-11,18-19,21,32H,3,12-17,20,22-24H2,1-2H3/t;32-,36-/m.0/s1. The number of likely N-dealkylation sites (tertiary alicyclic amines) is 2. The van der Waals surface area contributed by atoms with Gasteiger partial charge in [-0.1, -0.05) is 147 Å². The molecule has 572 valence electrons. The highest BCUT2D eigenvalue weighted by atomic mass is 19.4. The van der Waals surface area contributed by atoms with Crippen molar-refractivity contribution in [2.24, 2.45) is 0 Å². The second-order valence-electron chi connectivity index (χ2n) is 28.9. The van der Waals surface area contributed by atoms with E-state index < -0.39 is 53.1 Å². The molecule has 1 aliphatic carbocycles. The van der Waals surface area contributed by atoms with E-state index in [4.69, 9.17) is 14.2 Å². The minimum Gasteiger partial charge on any atom is -0.462 e. The number of amides is 4. The smallest absolute Gasteiger partial charge is 0.416 e. The maximum Gasteiger partial charge on any atom is 0.416 e. The lowest BCUT2D eigenvalue weighted by Crippen LogP contribution is -2.49. The predicted molar refractivity (Wildman–Crippen MR) is 398 cm³/mol. The van der Waals surface area contributed by atoms with Gasteiger partial charge in [0.15, 0.2) is 0 Å². The summed E-state index contributed by atoms with van der Waals surface area (Å²) in [6.45, 7) is 12.4. The maximum absolute atomic E-state index is 14.0. The highest BCUT2D eigenvalue weighted by molar-refractivity contribution is 5.95. The van der Waals surface area contributed by atoms with E-state index in [1.165, 1.54) is 46.5 Å². The van der Waals surface area contributed by atoms with Crippen molar-refractivity contribution >= 4 is 29.6 Å². The number of alkyl halides is 6. The fraction of sp³-hybridized carbons (Fsp3) is 0.447. The number of carbonyl (C=O) groups excluding carboxylic acids is 5. The van der Waals surface area contributed by atoms with Crippen molar-refractivity contribution in [2.75, 3.05) is 106 Å². The van der Waals surface area contributed by atoms with Crippen molar-refractivity contribution in [1.82, 2.24) is 34.3 Å². The Morgan fingerprint density at radius 2 is 1.22 bits per heavy atom. The lowest BCUT2D eigenvalue weighted by atomic mass is 9.72. The molecule has 3 heterocycles. The van der Waals surface area contributed by atoms with Gasteiger partial charge >= 0.3 is 18.3 Å². The molecule has 0 radical (unpaired) electrons. The summed E-state index contributed by atoms with van der Waals surface area (Å²) in [6, 6.07) is 51.3. The van der Waals surface area contributed by atoms with E-state index in [2.05, 4.69) is 88.4 Å². The molecule has 11 rings (SSSR count).